The molecule has 1 aliphatic carbocycles. The first-order chi connectivity index (χ1) is 6.69. The molecule has 1 aliphatic rings. The van der Waals surface area contributed by atoms with E-state index in [1.54, 1.807) is 0 Å². The predicted octanol–water partition coefficient (Wildman–Crippen LogP) is 1.84. The fraction of sp³-hybridized carbons (Fsp3) is 0.833. The summed E-state index contributed by atoms with van der Waals surface area (Å²) < 4.78 is 0. The normalized spacial score (nSPS) is 30.1. The molecule has 1 fully saturated rings. The van der Waals surface area contributed by atoms with Crippen molar-refractivity contribution in [2.24, 2.45) is 16.1 Å². The van der Waals surface area contributed by atoms with E-state index < -0.39 is 24.0 Å². The molecule has 0 amide bonds. The summed E-state index contributed by atoms with van der Waals surface area (Å²) >= 11 is 0. The summed E-state index contributed by atoms with van der Waals surface area (Å²) in [6.45, 7) is 0. The maximum absolute atomic E-state index is 10.6. The largest absolute Gasteiger partial charge is 0.481 e. The summed E-state index contributed by atoms with van der Waals surface area (Å²) in [6.07, 6.45) is 0.478. The first-order valence-electron chi connectivity index (χ1n) is 4.00. The second-order valence-corrected chi connectivity index (χ2v) is 3.05. The van der Waals surface area contributed by atoms with Gasteiger partial charge in [0.25, 0.3) is 0 Å². The van der Waals surface area contributed by atoms with Gasteiger partial charge in [0.05, 0.1) is 5.92 Å². The van der Waals surface area contributed by atoms with Crippen LogP contribution < -0.4 is 0 Å². The maximum Gasteiger partial charge on any atom is 0.306 e. The highest BCUT2D eigenvalue weighted by Gasteiger charge is 2.36. The Bertz CT molecular complexity index is 303. The number of hydrogen-bond acceptors (Lipinski definition) is 3. The Morgan fingerprint density at radius 1 is 1.21 bits per heavy atom. The van der Waals surface area contributed by atoms with Gasteiger partial charge < -0.3 is 5.11 Å². The lowest BCUT2D eigenvalue weighted by atomic mass is 10.1. The van der Waals surface area contributed by atoms with Crippen molar-refractivity contribution in [2.75, 3.05) is 0 Å². The van der Waals surface area contributed by atoms with Gasteiger partial charge in [-0.25, -0.2) is 0 Å². The van der Waals surface area contributed by atoms with Crippen LogP contribution in [0.25, 0.3) is 20.9 Å². The van der Waals surface area contributed by atoms with Gasteiger partial charge in [-0.3, -0.25) is 4.79 Å². The molecule has 0 aromatic heterocycles. The van der Waals surface area contributed by atoms with Crippen molar-refractivity contribution in [2.45, 2.75) is 24.9 Å². The Hall–Kier alpha value is -1.91. The molecule has 1 saturated carbocycles. The van der Waals surface area contributed by atoms with Gasteiger partial charge in [-0.15, -0.1) is 0 Å². The van der Waals surface area contributed by atoms with Crippen LogP contribution in [-0.4, -0.2) is 23.2 Å². The molecule has 1 unspecified atom stereocenters. The summed E-state index contributed by atoms with van der Waals surface area (Å²) in [5.74, 6) is -1.53. The molecule has 0 saturated heterocycles. The lowest BCUT2D eigenvalue weighted by molar-refractivity contribution is -0.141. The van der Waals surface area contributed by atoms with Crippen LogP contribution in [0.4, 0.5) is 0 Å². The Balaban J connectivity index is 2.79. The quantitative estimate of drug-likeness (QED) is 0.418. The van der Waals surface area contributed by atoms with E-state index in [0.29, 0.717) is 0 Å². The molecule has 0 spiro atoms. The second-order valence-electron chi connectivity index (χ2n) is 3.05. The molecule has 8 nitrogen and oxygen atoms in total. The molecule has 1 rings (SSSR count). The van der Waals surface area contributed by atoms with Crippen molar-refractivity contribution in [3.05, 3.63) is 20.9 Å². The first kappa shape index (κ1) is 10.2. The average molecular weight is 196 g/mol. The molecular weight excluding hydrogens is 188 g/mol. The van der Waals surface area contributed by atoms with Crippen molar-refractivity contribution in [1.29, 1.82) is 0 Å². The standard InChI is InChI=1S/C6H8N6O2/c7-11-9-4-1-3(6(13)14)2-5(4)10-12-8/h3-5H,1-2H2,(H,13,14)/t3?,4-,5+. The second kappa shape index (κ2) is 4.36. The van der Waals surface area contributed by atoms with Gasteiger partial charge >= 0.3 is 5.97 Å². The number of hydrogen-bond donors (Lipinski definition) is 1. The molecule has 1 N–H and O–H groups in total. The van der Waals surface area contributed by atoms with Crippen LogP contribution in [0.2, 0.25) is 0 Å². The molecule has 0 bridgehead atoms. The van der Waals surface area contributed by atoms with Crippen LogP contribution in [-0.2, 0) is 4.79 Å². The van der Waals surface area contributed by atoms with Gasteiger partial charge in [-0.2, -0.15) is 0 Å². The van der Waals surface area contributed by atoms with Crippen LogP contribution in [0.3, 0.4) is 0 Å². The third kappa shape index (κ3) is 2.07. The summed E-state index contributed by atoms with van der Waals surface area (Å²) in [5.41, 5.74) is 16.4. The van der Waals surface area contributed by atoms with Crippen molar-refractivity contribution in [3.63, 3.8) is 0 Å². The molecule has 0 radical (unpaired) electrons. The molecule has 0 aliphatic heterocycles. The van der Waals surface area contributed by atoms with Crippen LogP contribution in [0.5, 0.6) is 0 Å². The monoisotopic (exact) mass is 196 g/mol. The van der Waals surface area contributed by atoms with Crippen LogP contribution in [0.1, 0.15) is 12.8 Å². The van der Waals surface area contributed by atoms with E-state index in [1.165, 1.54) is 0 Å². The van der Waals surface area contributed by atoms with Crippen molar-refractivity contribution < 1.29 is 9.90 Å². The Labute approximate surface area is 78.8 Å². The van der Waals surface area contributed by atoms with Gasteiger partial charge in [-0.1, -0.05) is 10.2 Å². The smallest absolute Gasteiger partial charge is 0.306 e. The fourth-order valence-electron chi connectivity index (χ4n) is 1.58. The minimum atomic E-state index is -0.946. The van der Waals surface area contributed by atoms with E-state index in [9.17, 15) is 4.79 Å². The zero-order valence-electron chi connectivity index (χ0n) is 7.19. The van der Waals surface area contributed by atoms with Gasteiger partial charge in [0, 0.05) is 21.9 Å². The van der Waals surface area contributed by atoms with Crippen LogP contribution in [0.15, 0.2) is 10.2 Å². The lowest BCUT2D eigenvalue weighted by Crippen LogP contribution is -2.12. The van der Waals surface area contributed by atoms with E-state index in [1.807, 2.05) is 0 Å². The molecule has 0 aromatic carbocycles. The molecule has 0 heterocycles. The first-order valence-corrected chi connectivity index (χ1v) is 4.00. The van der Waals surface area contributed by atoms with Gasteiger partial charge in [0.2, 0.25) is 0 Å². The van der Waals surface area contributed by atoms with E-state index in [4.69, 9.17) is 16.2 Å². The van der Waals surface area contributed by atoms with Crippen molar-refractivity contribution in [1.82, 2.24) is 0 Å². The molecule has 3 atom stereocenters. The van der Waals surface area contributed by atoms with E-state index in [0.717, 1.165) is 0 Å². The van der Waals surface area contributed by atoms with E-state index in [-0.39, 0.29) is 12.8 Å². The van der Waals surface area contributed by atoms with E-state index >= 15 is 0 Å². The number of carboxylic acid groups (broad SMARTS) is 1. The number of aliphatic carboxylic acids is 1. The maximum atomic E-state index is 10.6. The predicted molar refractivity (Wildman–Crippen MR) is 46.2 cm³/mol. The molecule has 14 heavy (non-hydrogen) atoms. The zero-order chi connectivity index (χ0) is 10.6. The van der Waals surface area contributed by atoms with Crippen LogP contribution >= 0.6 is 0 Å². The highest BCUT2D eigenvalue weighted by Crippen LogP contribution is 2.31. The molecule has 74 valence electrons. The highest BCUT2D eigenvalue weighted by molar-refractivity contribution is 5.70. The Morgan fingerprint density at radius 3 is 1.93 bits per heavy atom. The fourth-order valence-corrected chi connectivity index (χ4v) is 1.58. The van der Waals surface area contributed by atoms with Gasteiger partial charge in [0.15, 0.2) is 0 Å². The molecular formula is C6H8N6O2. The number of nitrogens with zero attached hydrogens (tertiary/aromatic N) is 6. The van der Waals surface area contributed by atoms with Crippen LogP contribution in [0, 0.1) is 5.92 Å². The summed E-state index contributed by atoms with van der Waals surface area (Å²) in [6, 6.07) is -1.06. The third-order valence-electron chi connectivity index (χ3n) is 2.25. The molecule has 0 aromatic rings. The summed E-state index contributed by atoms with van der Waals surface area (Å²) in [7, 11) is 0. The Morgan fingerprint density at radius 2 is 1.64 bits per heavy atom. The van der Waals surface area contributed by atoms with Gasteiger partial charge in [0.1, 0.15) is 0 Å². The highest BCUT2D eigenvalue weighted by atomic mass is 16.4. The lowest BCUT2D eigenvalue weighted by Gasteiger charge is -2.04. The van der Waals surface area contributed by atoms with Crippen molar-refractivity contribution in [3.8, 4) is 0 Å². The number of carbonyl (C=O) groups is 1. The molecule has 8 heteroatoms. The summed E-state index contributed by atoms with van der Waals surface area (Å²) in [4.78, 5) is 15.8. The zero-order valence-corrected chi connectivity index (χ0v) is 7.19. The third-order valence-corrected chi connectivity index (χ3v) is 2.25. The minimum Gasteiger partial charge on any atom is -0.481 e. The SMILES string of the molecule is [N-]=[N+]=N[C@H]1CC(C(=O)O)C[C@H]1N=[N+]=[N-]. The number of rotatable bonds is 3. The Kier molecular flexibility index (Phi) is 3.17. The average Bonchev–Trinajstić information content (AvgIpc) is 2.50. The minimum absolute atomic E-state index is 0.239. The van der Waals surface area contributed by atoms with Crippen molar-refractivity contribution >= 4 is 5.97 Å². The summed E-state index contributed by atoms with van der Waals surface area (Å²) in [5, 5.41) is 15.5. The number of carboxylic acids is 1. The van der Waals surface area contributed by atoms with Gasteiger partial charge in [-0.05, 0) is 23.9 Å². The van der Waals surface area contributed by atoms with E-state index in [2.05, 4.69) is 20.1 Å². The topological polar surface area (TPSA) is 135 Å². The number of azide groups is 2.